The van der Waals surface area contributed by atoms with Crippen LogP contribution >= 0.6 is 0 Å². The fourth-order valence-electron chi connectivity index (χ4n) is 3.75. The third-order valence-electron chi connectivity index (χ3n) is 5.22. The number of aromatic nitrogens is 2. The highest BCUT2D eigenvalue weighted by atomic mass is 16.5. The van der Waals surface area contributed by atoms with Crippen LogP contribution in [-0.4, -0.2) is 41.3 Å². The summed E-state index contributed by atoms with van der Waals surface area (Å²) in [6.07, 6.45) is -0.0964. The zero-order valence-corrected chi connectivity index (χ0v) is 18.3. The van der Waals surface area contributed by atoms with Crippen molar-refractivity contribution in [3.63, 3.8) is 0 Å². The quantitative estimate of drug-likeness (QED) is 0.511. The van der Waals surface area contributed by atoms with Gasteiger partial charge in [-0.05, 0) is 36.8 Å². The molecule has 1 aliphatic rings. The van der Waals surface area contributed by atoms with Gasteiger partial charge in [-0.25, -0.2) is 9.48 Å². The van der Waals surface area contributed by atoms with Gasteiger partial charge in [-0.2, -0.15) is 5.10 Å². The maximum atomic E-state index is 12.7. The van der Waals surface area contributed by atoms with E-state index < -0.39 is 12.0 Å². The number of hydrogen-bond donors (Lipinski definition) is 2. The van der Waals surface area contributed by atoms with Gasteiger partial charge in [0.25, 0.3) is 5.91 Å². The molecular formula is C24H24N4O5. The molecule has 33 heavy (non-hydrogen) atoms. The Labute approximate surface area is 190 Å². The van der Waals surface area contributed by atoms with Crippen molar-refractivity contribution in [1.82, 2.24) is 9.78 Å². The molecule has 0 saturated heterocycles. The lowest BCUT2D eigenvalue weighted by Gasteiger charge is -2.10. The molecule has 0 spiro atoms. The zero-order chi connectivity index (χ0) is 23.4. The molecule has 2 aromatic carbocycles. The van der Waals surface area contributed by atoms with Gasteiger partial charge in [0, 0.05) is 18.4 Å². The van der Waals surface area contributed by atoms with E-state index in [9.17, 15) is 14.4 Å². The van der Waals surface area contributed by atoms with Gasteiger partial charge in [0.1, 0.15) is 11.9 Å². The Bertz CT molecular complexity index is 1170. The van der Waals surface area contributed by atoms with Crippen LogP contribution in [0.4, 0.5) is 11.5 Å². The zero-order valence-electron chi connectivity index (χ0n) is 18.3. The van der Waals surface area contributed by atoms with E-state index in [-0.39, 0.29) is 31.4 Å². The van der Waals surface area contributed by atoms with E-state index in [4.69, 9.17) is 9.47 Å². The Morgan fingerprint density at radius 2 is 1.85 bits per heavy atom. The van der Waals surface area contributed by atoms with Crippen molar-refractivity contribution in [3.05, 3.63) is 65.9 Å². The van der Waals surface area contributed by atoms with Crippen LogP contribution in [0.1, 0.15) is 35.4 Å². The Morgan fingerprint density at radius 3 is 2.52 bits per heavy atom. The van der Waals surface area contributed by atoms with Crippen molar-refractivity contribution >= 4 is 29.3 Å². The number of fused-ring (bicyclic) bond motifs is 1. The smallest absolute Gasteiger partial charge is 0.338 e. The van der Waals surface area contributed by atoms with Gasteiger partial charge >= 0.3 is 5.97 Å². The van der Waals surface area contributed by atoms with Crippen molar-refractivity contribution in [3.8, 4) is 11.1 Å². The fraction of sp³-hybridized carbons (Fsp3) is 0.250. The number of ether oxygens (including phenoxy) is 2. The Hall–Kier alpha value is -3.98. The number of nitrogens with zero attached hydrogens (tertiary/aromatic N) is 2. The predicted molar refractivity (Wildman–Crippen MR) is 122 cm³/mol. The topological polar surface area (TPSA) is 112 Å². The molecular weight excluding hydrogens is 424 g/mol. The van der Waals surface area contributed by atoms with Crippen molar-refractivity contribution in [2.24, 2.45) is 0 Å². The van der Waals surface area contributed by atoms with Gasteiger partial charge in [-0.3, -0.25) is 9.59 Å². The molecule has 2 amide bonds. The maximum Gasteiger partial charge on any atom is 0.338 e. The lowest BCUT2D eigenvalue weighted by molar-refractivity contribution is -0.123. The average Bonchev–Trinajstić information content (AvgIpc) is 3.30. The molecule has 2 heterocycles. The summed E-state index contributed by atoms with van der Waals surface area (Å²) in [4.78, 5) is 37.1. The molecule has 2 N–H and O–H groups in total. The van der Waals surface area contributed by atoms with Crippen LogP contribution in [-0.2, 0) is 25.7 Å². The summed E-state index contributed by atoms with van der Waals surface area (Å²) >= 11 is 0. The molecule has 4 rings (SSSR count). The van der Waals surface area contributed by atoms with Crippen LogP contribution in [0.5, 0.6) is 0 Å². The van der Waals surface area contributed by atoms with Crippen molar-refractivity contribution in [2.75, 3.05) is 24.4 Å². The summed E-state index contributed by atoms with van der Waals surface area (Å²) in [5, 5.41) is 10.2. The van der Waals surface area contributed by atoms with Gasteiger partial charge in [0.15, 0.2) is 0 Å². The first-order chi connectivity index (χ1) is 16.0. The molecule has 1 aromatic heterocycles. The Balaban J connectivity index is 1.52. The van der Waals surface area contributed by atoms with Gasteiger partial charge in [0.2, 0.25) is 5.91 Å². The number of esters is 1. The standard InChI is InChI=1S/C24H24N4O5/c1-3-33-24(31)16-9-11-17(12-10-16)25-20(29)13-19-23(30)26-22-21(15-7-5-4-6-8-15)18(14-32-2)27-28(19)22/h4-12,19H,3,13-14H2,1-2H3,(H,25,29)(H,26,30)/t19-/m1/s1. The van der Waals surface area contributed by atoms with Gasteiger partial charge in [-0.1, -0.05) is 30.3 Å². The second-order valence-corrected chi connectivity index (χ2v) is 7.47. The summed E-state index contributed by atoms with van der Waals surface area (Å²) < 4.78 is 11.8. The fourth-order valence-corrected chi connectivity index (χ4v) is 3.75. The molecule has 0 aliphatic carbocycles. The number of amides is 2. The van der Waals surface area contributed by atoms with Crippen LogP contribution in [0.3, 0.4) is 0 Å². The third kappa shape index (κ3) is 4.63. The summed E-state index contributed by atoms with van der Waals surface area (Å²) in [6.45, 7) is 2.29. The monoisotopic (exact) mass is 448 g/mol. The highest BCUT2D eigenvalue weighted by Crippen LogP contribution is 2.38. The summed E-state index contributed by atoms with van der Waals surface area (Å²) in [7, 11) is 1.58. The Kier molecular flexibility index (Phi) is 6.50. The minimum absolute atomic E-state index is 0.0964. The Morgan fingerprint density at radius 1 is 1.12 bits per heavy atom. The van der Waals surface area contributed by atoms with E-state index in [0.717, 1.165) is 11.1 Å². The number of hydrogen-bond acceptors (Lipinski definition) is 6. The van der Waals surface area contributed by atoms with Crippen molar-refractivity contribution in [2.45, 2.75) is 26.0 Å². The van der Waals surface area contributed by atoms with Crippen molar-refractivity contribution < 1.29 is 23.9 Å². The number of anilines is 2. The lowest BCUT2D eigenvalue weighted by Crippen LogP contribution is -2.24. The average molecular weight is 448 g/mol. The number of carbonyl (C=O) groups excluding carboxylic acids is 3. The number of benzene rings is 2. The number of carbonyl (C=O) groups is 3. The molecule has 0 radical (unpaired) electrons. The lowest BCUT2D eigenvalue weighted by atomic mass is 10.1. The molecule has 9 nitrogen and oxygen atoms in total. The summed E-state index contributed by atoms with van der Waals surface area (Å²) in [5.74, 6) is -0.525. The second kappa shape index (κ2) is 9.66. The van der Waals surface area contributed by atoms with E-state index in [1.165, 1.54) is 0 Å². The van der Waals surface area contributed by atoms with Crippen molar-refractivity contribution in [1.29, 1.82) is 0 Å². The number of methoxy groups -OCH3 is 1. The third-order valence-corrected chi connectivity index (χ3v) is 5.22. The molecule has 0 unspecified atom stereocenters. The van der Waals surface area contributed by atoms with Crippen LogP contribution in [0.15, 0.2) is 54.6 Å². The van der Waals surface area contributed by atoms with E-state index in [2.05, 4.69) is 15.7 Å². The molecule has 3 aromatic rings. The SMILES string of the molecule is CCOC(=O)c1ccc(NC(=O)C[C@@H]2C(=O)Nc3c(-c4ccccc4)c(COC)nn32)cc1. The molecule has 170 valence electrons. The summed E-state index contributed by atoms with van der Waals surface area (Å²) in [6, 6.07) is 15.2. The minimum Gasteiger partial charge on any atom is -0.462 e. The minimum atomic E-state index is -0.785. The van der Waals surface area contributed by atoms with Gasteiger partial charge in [0.05, 0.1) is 30.9 Å². The number of nitrogens with one attached hydrogen (secondary N) is 2. The molecule has 9 heteroatoms. The van der Waals surface area contributed by atoms with E-state index >= 15 is 0 Å². The molecule has 0 saturated carbocycles. The second-order valence-electron chi connectivity index (χ2n) is 7.47. The molecule has 0 bridgehead atoms. The predicted octanol–water partition coefficient (Wildman–Crippen LogP) is 3.40. The largest absolute Gasteiger partial charge is 0.462 e. The highest BCUT2D eigenvalue weighted by Gasteiger charge is 2.37. The maximum absolute atomic E-state index is 12.7. The normalized spacial score (nSPS) is 14.5. The number of rotatable bonds is 8. The first kappa shape index (κ1) is 22.2. The van der Waals surface area contributed by atoms with E-state index in [0.29, 0.717) is 22.8 Å². The molecule has 0 fully saturated rings. The van der Waals surface area contributed by atoms with E-state index in [1.807, 2.05) is 30.3 Å². The van der Waals surface area contributed by atoms with Gasteiger partial charge in [-0.15, -0.1) is 0 Å². The van der Waals surface area contributed by atoms with Gasteiger partial charge < -0.3 is 20.1 Å². The molecule has 1 aliphatic heterocycles. The highest BCUT2D eigenvalue weighted by molar-refractivity contribution is 6.04. The van der Waals surface area contributed by atoms with Crippen LogP contribution < -0.4 is 10.6 Å². The summed E-state index contributed by atoms with van der Waals surface area (Å²) in [5.41, 5.74) is 3.27. The van der Waals surface area contributed by atoms with Crippen LogP contribution in [0.25, 0.3) is 11.1 Å². The first-order valence-corrected chi connectivity index (χ1v) is 10.6. The van der Waals surface area contributed by atoms with Crippen LogP contribution in [0.2, 0.25) is 0 Å². The van der Waals surface area contributed by atoms with Crippen LogP contribution in [0, 0.1) is 0 Å². The first-order valence-electron chi connectivity index (χ1n) is 10.6. The molecule has 1 atom stereocenters. The van der Waals surface area contributed by atoms with E-state index in [1.54, 1.807) is 43.0 Å².